The van der Waals surface area contributed by atoms with Gasteiger partial charge in [0.2, 0.25) is 0 Å². The van der Waals surface area contributed by atoms with Gasteiger partial charge in [-0.1, -0.05) is 20.3 Å². The quantitative estimate of drug-likeness (QED) is 0.647. The first-order valence-corrected chi connectivity index (χ1v) is 7.64. The third kappa shape index (κ3) is 4.13. The summed E-state index contributed by atoms with van der Waals surface area (Å²) in [5.74, 6) is -0.547. The van der Waals surface area contributed by atoms with Crippen molar-refractivity contribution in [2.75, 3.05) is 12.4 Å². The smallest absolute Gasteiger partial charge is 0.336 e. The van der Waals surface area contributed by atoms with Gasteiger partial charge in [-0.15, -0.1) is 0 Å². The number of rotatable bonds is 5. The van der Waals surface area contributed by atoms with Crippen molar-refractivity contribution in [1.29, 1.82) is 0 Å². The van der Waals surface area contributed by atoms with Crippen LogP contribution >= 0.6 is 0 Å². The molecule has 2 rings (SSSR count). The Kier molecular flexibility index (Phi) is 5.57. The number of carbonyl (C=O) groups is 2. The summed E-state index contributed by atoms with van der Waals surface area (Å²) in [4.78, 5) is 35.1. The summed E-state index contributed by atoms with van der Waals surface area (Å²) in [6.45, 7) is 3.79. The van der Waals surface area contributed by atoms with E-state index < -0.39 is 23.7 Å². The molecule has 1 heterocycles. The molecule has 0 aliphatic carbocycles. The number of anilines is 1. The Morgan fingerprint density at radius 2 is 2.00 bits per heavy atom. The number of hydrogen-bond donors (Lipinski definition) is 2. The van der Waals surface area contributed by atoms with E-state index in [2.05, 4.69) is 10.6 Å². The lowest BCUT2D eigenvalue weighted by Gasteiger charge is -2.22. The van der Waals surface area contributed by atoms with E-state index in [1.165, 1.54) is 13.2 Å². The first-order chi connectivity index (χ1) is 11.4. The van der Waals surface area contributed by atoms with E-state index in [9.17, 15) is 14.4 Å². The Morgan fingerprint density at radius 1 is 1.25 bits per heavy atom. The van der Waals surface area contributed by atoms with Crippen LogP contribution in [0.25, 0.3) is 11.0 Å². The average molecular weight is 332 g/mol. The molecule has 7 heteroatoms. The molecule has 24 heavy (non-hydrogen) atoms. The first kappa shape index (κ1) is 17.5. The largest absolute Gasteiger partial charge is 0.467 e. The molecule has 7 nitrogen and oxygen atoms in total. The molecule has 2 amide bonds. The molecule has 0 saturated carbocycles. The SMILES string of the molecule is CCC(C)[C@H](NC(=O)Nc1ccc2oc(=O)ccc2c1)C(=O)OC. The average Bonchev–Trinajstić information content (AvgIpc) is 2.58. The zero-order valence-corrected chi connectivity index (χ0v) is 13.8. The summed E-state index contributed by atoms with van der Waals surface area (Å²) < 4.78 is 9.76. The van der Waals surface area contributed by atoms with Gasteiger partial charge in [0.15, 0.2) is 0 Å². The van der Waals surface area contributed by atoms with Gasteiger partial charge in [-0.25, -0.2) is 14.4 Å². The molecule has 0 aliphatic heterocycles. The van der Waals surface area contributed by atoms with Crippen LogP contribution in [0.2, 0.25) is 0 Å². The van der Waals surface area contributed by atoms with Crippen LogP contribution in [0, 0.1) is 5.92 Å². The summed E-state index contributed by atoms with van der Waals surface area (Å²) in [7, 11) is 1.29. The third-order valence-electron chi connectivity index (χ3n) is 3.83. The highest BCUT2D eigenvalue weighted by Crippen LogP contribution is 2.18. The number of hydrogen-bond acceptors (Lipinski definition) is 5. The molecular formula is C17H20N2O5. The number of methoxy groups -OCH3 is 1. The van der Waals surface area contributed by atoms with Gasteiger partial charge in [0.05, 0.1) is 7.11 Å². The van der Waals surface area contributed by atoms with Crippen LogP contribution in [0.3, 0.4) is 0 Å². The molecular weight excluding hydrogens is 312 g/mol. The van der Waals surface area contributed by atoms with Gasteiger partial charge in [0.1, 0.15) is 11.6 Å². The molecule has 1 unspecified atom stereocenters. The van der Waals surface area contributed by atoms with Crippen LogP contribution in [0.4, 0.5) is 10.5 Å². The Morgan fingerprint density at radius 3 is 2.67 bits per heavy atom. The van der Waals surface area contributed by atoms with Crippen LogP contribution in [-0.2, 0) is 9.53 Å². The van der Waals surface area contributed by atoms with Crippen LogP contribution in [0.1, 0.15) is 20.3 Å². The summed E-state index contributed by atoms with van der Waals surface area (Å²) in [6, 6.07) is 6.57. The van der Waals surface area contributed by atoms with Crippen molar-refractivity contribution in [1.82, 2.24) is 5.32 Å². The lowest BCUT2D eigenvalue weighted by atomic mass is 9.99. The zero-order chi connectivity index (χ0) is 17.7. The van der Waals surface area contributed by atoms with Gasteiger partial charge in [0.25, 0.3) is 0 Å². The predicted octanol–water partition coefficient (Wildman–Crippen LogP) is 2.50. The lowest BCUT2D eigenvalue weighted by Crippen LogP contribution is -2.47. The van der Waals surface area contributed by atoms with E-state index in [1.807, 2.05) is 13.8 Å². The van der Waals surface area contributed by atoms with Gasteiger partial charge < -0.3 is 19.8 Å². The summed E-state index contributed by atoms with van der Waals surface area (Å²) >= 11 is 0. The van der Waals surface area contributed by atoms with Crippen LogP contribution in [0.5, 0.6) is 0 Å². The lowest BCUT2D eigenvalue weighted by molar-refractivity contribution is -0.144. The Bertz CT molecular complexity index is 799. The number of urea groups is 1. The summed E-state index contributed by atoms with van der Waals surface area (Å²) in [5.41, 5.74) is 0.512. The number of benzene rings is 1. The molecule has 0 aliphatic rings. The number of ether oxygens (including phenoxy) is 1. The maximum atomic E-state index is 12.2. The molecule has 2 aromatic rings. The standard InChI is InChI=1S/C17H20N2O5/c1-4-10(2)15(16(21)23-3)19-17(22)18-12-6-7-13-11(9-12)5-8-14(20)24-13/h5-10,15H,4H2,1-3H3,(H2,18,19,22)/t10?,15-/m0/s1. The van der Waals surface area contributed by atoms with Crippen molar-refractivity contribution in [2.24, 2.45) is 5.92 Å². The van der Waals surface area contributed by atoms with Gasteiger partial charge in [-0.3, -0.25) is 0 Å². The van der Waals surface area contributed by atoms with Crippen molar-refractivity contribution in [3.63, 3.8) is 0 Å². The summed E-state index contributed by atoms with van der Waals surface area (Å²) in [6.07, 6.45) is 0.717. The second kappa shape index (κ2) is 7.63. The minimum atomic E-state index is -0.724. The normalized spacial score (nSPS) is 13.1. The van der Waals surface area contributed by atoms with Crippen LogP contribution in [0.15, 0.2) is 39.5 Å². The van der Waals surface area contributed by atoms with E-state index >= 15 is 0 Å². The zero-order valence-electron chi connectivity index (χ0n) is 13.8. The molecule has 0 radical (unpaired) electrons. The fourth-order valence-electron chi connectivity index (χ4n) is 2.25. The fraction of sp³-hybridized carbons (Fsp3) is 0.353. The number of amides is 2. The molecule has 128 valence electrons. The number of carbonyl (C=O) groups excluding carboxylic acids is 2. The van der Waals surface area contributed by atoms with Crippen molar-refractivity contribution >= 4 is 28.7 Å². The van der Waals surface area contributed by atoms with E-state index in [1.54, 1.807) is 24.3 Å². The Hall–Kier alpha value is -2.83. The molecule has 0 fully saturated rings. The summed E-state index contributed by atoms with van der Waals surface area (Å²) in [5, 5.41) is 5.96. The number of fused-ring (bicyclic) bond motifs is 1. The van der Waals surface area contributed by atoms with Gasteiger partial charge in [0, 0.05) is 17.1 Å². The van der Waals surface area contributed by atoms with Crippen LogP contribution < -0.4 is 16.3 Å². The maximum absolute atomic E-state index is 12.2. The number of esters is 1. The van der Waals surface area contributed by atoms with E-state index in [0.717, 1.165) is 6.42 Å². The van der Waals surface area contributed by atoms with E-state index in [-0.39, 0.29) is 5.92 Å². The van der Waals surface area contributed by atoms with Gasteiger partial charge in [-0.05, 0) is 30.2 Å². The molecule has 1 aromatic carbocycles. The second-order valence-corrected chi connectivity index (χ2v) is 5.49. The van der Waals surface area contributed by atoms with Gasteiger partial charge in [-0.2, -0.15) is 0 Å². The van der Waals surface area contributed by atoms with Gasteiger partial charge >= 0.3 is 17.6 Å². The molecule has 0 saturated heterocycles. The molecule has 2 atom stereocenters. The highest BCUT2D eigenvalue weighted by molar-refractivity contribution is 5.94. The third-order valence-corrected chi connectivity index (χ3v) is 3.83. The molecule has 0 bridgehead atoms. The van der Waals surface area contributed by atoms with Crippen molar-refractivity contribution in [2.45, 2.75) is 26.3 Å². The monoisotopic (exact) mass is 332 g/mol. The topological polar surface area (TPSA) is 97.6 Å². The highest BCUT2D eigenvalue weighted by atomic mass is 16.5. The van der Waals surface area contributed by atoms with Crippen molar-refractivity contribution < 1.29 is 18.7 Å². The van der Waals surface area contributed by atoms with Crippen molar-refractivity contribution in [3.05, 3.63) is 40.8 Å². The van der Waals surface area contributed by atoms with Crippen LogP contribution in [-0.4, -0.2) is 25.2 Å². The van der Waals surface area contributed by atoms with E-state index in [4.69, 9.17) is 9.15 Å². The van der Waals surface area contributed by atoms with Crippen molar-refractivity contribution in [3.8, 4) is 0 Å². The molecule has 0 spiro atoms. The molecule has 2 N–H and O–H groups in total. The fourth-order valence-corrected chi connectivity index (χ4v) is 2.25. The maximum Gasteiger partial charge on any atom is 0.336 e. The second-order valence-electron chi connectivity index (χ2n) is 5.49. The number of nitrogens with one attached hydrogen (secondary N) is 2. The minimum absolute atomic E-state index is 0.0610. The predicted molar refractivity (Wildman–Crippen MR) is 89.9 cm³/mol. The first-order valence-electron chi connectivity index (χ1n) is 7.64. The Labute approximate surface area is 139 Å². The Balaban J connectivity index is 2.12. The highest BCUT2D eigenvalue weighted by Gasteiger charge is 2.26. The molecule has 1 aromatic heterocycles. The minimum Gasteiger partial charge on any atom is -0.467 e. The van der Waals surface area contributed by atoms with E-state index in [0.29, 0.717) is 16.7 Å².